The normalized spacial score (nSPS) is 13.8. The van der Waals surface area contributed by atoms with E-state index in [4.69, 9.17) is 5.26 Å². The largest absolute Gasteiger partial charge is 0.337 e. The Morgan fingerprint density at radius 1 is 1.04 bits per heavy atom. The third-order valence-corrected chi connectivity index (χ3v) is 4.09. The molecule has 0 aliphatic carbocycles. The van der Waals surface area contributed by atoms with Crippen LogP contribution in [-0.4, -0.2) is 34.8 Å². The predicted octanol–water partition coefficient (Wildman–Crippen LogP) is 2.83. The lowest BCUT2D eigenvalue weighted by molar-refractivity contribution is 0.0718. The number of nitriles is 1. The molecule has 3 rings (SSSR count). The molecule has 0 atom stereocenters. The number of likely N-dealkylation sites (tertiary alicyclic amines) is 1. The quantitative estimate of drug-likeness (QED) is 0.935. The SMILES string of the molecule is N#Cc1cccc(NC(=O)c2cccc(C(=O)N3CCCCC3)n2)c1. The summed E-state index contributed by atoms with van der Waals surface area (Å²) in [6, 6.07) is 13.5. The molecule has 1 aliphatic heterocycles. The number of nitrogens with zero attached hydrogens (tertiary/aromatic N) is 3. The van der Waals surface area contributed by atoms with Crippen LogP contribution in [0.1, 0.15) is 45.8 Å². The molecule has 0 unspecified atom stereocenters. The van der Waals surface area contributed by atoms with Gasteiger partial charge in [0.1, 0.15) is 11.4 Å². The van der Waals surface area contributed by atoms with E-state index in [1.807, 2.05) is 6.07 Å². The van der Waals surface area contributed by atoms with Gasteiger partial charge < -0.3 is 10.2 Å². The maximum Gasteiger partial charge on any atom is 0.274 e. The number of pyridine rings is 1. The van der Waals surface area contributed by atoms with Gasteiger partial charge in [0.25, 0.3) is 11.8 Å². The molecule has 0 bridgehead atoms. The van der Waals surface area contributed by atoms with Crippen LogP contribution in [0.5, 0.6) is 0 Å². The van der Waals surface area contributed by atoms with E-state index in [-0.39, 0.29) is 17.3 Å². The first-order valence-electron chi connectivity index (χ1n) is 8.25. The van der Waals surface area contributed by atoms with Crippen molar-refractivity contribution in [3.8, 4) is 6.07 Å². The van der Waals surface area contributed by atoms with Crippen LogP contribution in [0.4, 0.5) is 5.69 Å². The Morgan fingerprint density at radius 3 is 2.52 bits per heavy atom. The Balaban J connectivity index is 1.75. The van der Waals surface area contributed by atoms with Gasteiger partial charge in [-0.1, -0.05) is 12.1 Å². The average molecular weight is 334 g/mol. The summed E-state index contributed by atoms with van der Waals surface area (Å²) in [5.74, 6) is -0.552. The van der Waals surface area contributed by atoms with Crippen LogP contribution in [0.15, 0.2) is 42.5 Å². The number of amides is 2. The summed E-state index contributed by atoms with van der Waals surface area (Å²) in [6.07, 6.45) is 3.14. The van der Waals surface area contributed by atoms with Gasteiger partial charge in [0, 0.05) is 18.8 Å². The smallest absolute Gasteiger partial charge is 0.274 e. The van der Waals surface area contributed by atoms with Crippen LogP contribution in [0.3, 0.4) is 0 Å². The molecule has 2 heterocycles. The molecule has 6 nitrogen and oxygen atoms in total. The van der Waals surface area contributed by atoms with Crippen LogP contribution >= 0.6 is 0 Å². The van der Waals surface area contributed by atoms with Crippen LogP contribution in [0.2, 0.25) is 0 Å². The molecular weight excluding hydrogens is 316 g/mol. The first-order chi connectivity index (χ1) is 12.2. The molecule has 0 spiro atoms. The second-order valence-corrected chi connectivity index (χ2v) is 5.91. The van der Waals surface area contributed by atoms with E-state index < -0.39 is 5.91 Å². The summed E-state index contributed by atoms with van der Waals surface area (Å²) >= 11 is 0. The Morgan fingerprint density at radius 2 is 1.76 bits per heavy atom. The van der Waals surface area contributed by atoms with Crippen molar-refractivity contribution in [1.29, 1.82) is 5.26 Å². The Bertz CT molecular complexity index is 835. The zero-order chi connectivity index (χ0) is 17.6. The van der Waals surface area contributed by atoms with Gasteiger partial charge >= 0.3 is 0 Å². The van der Waals surface area contributed by atoms with E-state index in [9.17, 15) is 9.59 Å². The van der Waals surface area contributed by atoms with Crippen LogP contribution < -0.4 is 5.32 Å². The highest BCUT2D eigenvalue weighted by molar-refractivity contribution is 6.03. The van der Waals surface area contributed by atoms with Gasteiger partial charge in [0.2, 0.25) is 0 Å². The zero-order valence-corrected chi connectivity index (χ0v) is 13.7. The van der Waals surface area contributed by atoms with E-state index in [1.165, 1.54) is 0 Å². The molecule has 6 heteroatoms. The molecule has 25 heavy (non-hydrogen) atoms. The zero-order valence-electron chi connectivity index (χ0n) is 13.7. The number of rotatable bonds is 3. The van der Waals surface area contributed by atoms with Gasteiger partial charge in [-0.2, -0.15) is 5.26 Å². The fourth-order valence-electron chi connectivity index (χ4n) is 2.80. The Kier molecular flexibility index (Phi) is 5.05. The molecule has 2 aromatic rings. The van der Waals surface area contributed by atoms with E-state index in [0.717, 1.165) is 32.4 Å². The summed E-state index contributed by atoms with van der Waals surface area (Å²) < 4.78 is 0. The lowest BCUT2D eigenvalue weighted by Gasteiger charge is -2.26. The second-order valence-electron chi connectivity index (χ2n) is 5.91. The third kappa shape index (κ3) is 4.01. The topological polar surface area (TPSA) is 86.1 Å². The van der Waals surface area contributed by atoms with Gasteiger partial charge in [-0.25, -0.2) is 4.98 Å². The number of piperidine rings is 1. The number of benzene rings is 1. The van der Waals surface area contributed by atoms with E-state index in [1.54, 1.807) is 47.4 Å². The van der Waals surface area contributed by atoms with Crippen molar-refractivity contribution in [2.24, 2.45) is 0 Å². The minimum Gasteiger partial charge on any atom is -0.337 e. The molecule has 1 N–H and O–H groups in total. The van der Waals surface area contributed by atoms with Gasteiger partial charge in [-0.15, -0.1) is 0 Å². The minimum absolute atomic E-state index is 0.138. The summed E-state index contributed by atoms with van der Waals surface area (Å²) in [5, 5.41) is 11.6. The van der Waals surface area contributed by atoms with Gasteiger partial charge in [-0.3, -0.25) is 9.59 Å². The number of hydrogen-bond donors (Lipinski definition) is 1. The van der Waals surface area contributed by atoms with Crippen molar-refractivity contribution in [2.45, 2.75) is 19.3 Å². The molecule has 1 aliphatic rings. The lowest BCUT2D eigenvalue weighted by atomic mass is 10.1. The molecule has 0 radical (unpaired) electrons. The first kappa shape index (κ1) is 16.7. The molecule has 0 saturated carbocycles. The van der Waals surface area contributed by atoms with Crippen LogP contribution in [0.25, 0.3) is 0 Å². The molecule has 2 amide bonds. The van der Waals surface area contributed by atoms with Crippen molar-refractivity contribution in [3.63, 3.8) is 0 Å². The number of anilines is 1. The maximum atomic E-state index is 12.5. The highest BCUT2D eigenvalue weighted by atomic mass is 16.2. The Labute approximate surface area is 146 Å². The van der Waals surface area contributed by atoms with Crippen molar-refractivity contribution in [1.82, 2.24) is 9.88 Å². The maximum absolute atomic E-state index is 12.5. The van der Waals surface area contributed by atoms with E-state index in [0.29, 0.717) is 11.3 Å². The molecule has 1 aromatic heterocycles. The average Bonchev–Trinajstić information content (AvgIpc) is 2.68. The summed E-state index contributed by atoms with van der Waals surface area (Å²) in [7, 11) is 0. The highest BCUT2D eigenvalue weighted by Crippen LogP contribution is 2.14. The Hall–Kier alpha value is -3.20. The fraction of sp³-hybridized carbons (Fsp3) is 0.263. The fourth-order valence-corrected chi connectivity index (χ4v) is 2.80. The van der Waals surface area contributed by atoms with Crippen molar-refractivity contribution in [3.05, 3.63) is 59.4 Å². The van der Waals surface area contributed by atoms with Gasteiger partial charge in [-0.05, 0) is 49.6 Å². The number of nitrogens with one attached hydrogen (secondary N) is 1. The predicted molar refractivity (Wildman–Crippen MR) is 93.1 cm³/mol. The second kappa shape index (κ2) is 7.58. The summed E-state index contributed by atoms with van der Waals surface area (Å²) in [4.78, 5) is 30.9. The monoisotopic (exact) mass is 334 g/mol. The standard InChI is InChI=1S/C19H18N4O2/c20-13-14-6-4-7-15(12-14)21-18(24)16-8-5-9-17(22-16)19(25)23-10-2-1-3-11-23/h4-9,12H,1-3,10-11H2,(H,21,24). The molecule has 1 aromatic carbocycles. The molecule has 126 valence electrons. The lowest BCUT2D eigenvalue weighted by Crippen LogP contribution is -2.36. The van der Waals surface area contributed by atoms with Crippen LogP contribution in [0, 0.1) is 11.3 Å². The third-order valence-electron chi connectivity index (χ3n) is 4.09. The summed E-state index contributed by atoms with van der Waals surface area (Å²) in [6.45, 7) is 1.47. The molecular formula is C19H18N4O2. The van der Waals surface area contributed by atoms with Gasteiger partial charge in [0.15, 0.2) is 0 Å². The number of hydrogen-bond acceptors (Lipinski definition) is 4. The van der Waals surface area contributed by atoms with Crippen molar-refractivity contribution < 1.29 is 9.59 Å². The first-order valence-corrected chi connectivity index (χ1v) is 8.25. The highest BCUT2D eigenvalue weighted by Gasteiger charge is 2.20. The van der Waals surface area contributed by atoms with Gasteiger partial charge in [0.05, 0.1) is 11.6 Å². The van der Waals surface area contributed by atoms with E-state index in [2.05, 4.69) is 10.3 Å². The number of aromatic nitrogens is 1. The minimum atomic E-state index is -0.414. The number of carbonyl (C=O) groups is 2. The summed E-state index contributed by atoms with van der Waals surface area (Å²) in [5.41, 5.74) is 1.42. The molecule has 1 saturated heterocycles. The van der Waals surface area contributed by atoms with Crippen molar-refractivity contribution in [2.75, 3.05) is 18.4 Å². The van der Waals surface area contributed by atoms with E-state index >= 15 is 0 Å². The molecule has 1 fully saturated rings. The number of carbonyl (C=O) groups excluding carboxylic acids is 2. The van der Waals surface area contributed by atoms with Crippen molar-refractivity contribution >= 4 is 17.5 Å². The van der Waals surface area contributed by atoms with Crippen LogP contribution in [-0.2, 0) is 0 Å².